The predicted molar refractivity (Wildman–Crippen MR) is 77.3 cm³/mol. The van der Waals surface area contributed by atoms with Gasteiger partial charge in [-0.3, -0.25) is 5.43 Å². The Labute approximate surface area is 116 Å². The molecule has 0 aromatic heterocycles. The summed E-state index contributed by atoms with van der Waals surface area (Å²) in [4.78, 5) is 11.4. The Bertz CT molecular complexity index is 696. The normalized spacial score (nSPS) is 10.9. The van der Waals surface area contributed by atoms with Gasteiger partial charge < -0.3 is 4.74 Å². The van der Waals surface area contributed by atoms with Gasteiger partial charge in [-0.2, -0.15) is 10.4 Å². The van der Waals surface area contributed by atoms with Crippen LogP contribution >= 0.6 is 0 Å². The highest BCUT2D eigenvalue weighted by Crippen LogP contribution is 2.22. The first-order chi connectivity index (χ1) is 9.76. The second-order valence-electron chi connectivity index (χ2n) is 3.93. The molecule has 0 aliphatic rings. The quantitative estimate of drug-likeness (QED) is 0.525. The topological polar surface area (TPSA) is 74.5 Å². The van der Waals surface area contributed by atoms with Crippen LogP contribution in [0, 0.1) is 11.3 Å². The Morgan fingerprint density at radius 3 is 2.80 bits per heavy atom. The van der Waals surface area contributed by atoms with Crippen LogP contribution in [-0.2, 0) is 9.53 Å². The fraction of sp³-hybridized carbons (Fsp3) is 0.133. The molecule has 0 saturated carbocycles. The van der Waals surface area contributed by atoms with Crippen molar-refractivity contribution in [1.29, 1.82) is 5.26 Å². The van der Waals surface area contributed by atoms with Gasteiger partial charge in [-0.25, -0.2) is 4.79 Å². The van der Waals surface area contributed by atoms with Gasteiger partial charge in [0.05, 0.1) is 12.3 Å². The van der Waals surface area contributed by atoms with Crippen molar-refractivity contribution < 1.29 is 9.53 Å². The number of nitriles is 1. The number of esters is 1. The van der Waals surface area contributed by atoms with Gasteiger partial charge in [-0.05, 0) is 18.4 Å². The smallest absolute Gasteiger partial charge is 0.369 e. The van der Waals surface area contributed by atoms with Gasteiger partial charge in [-0.15, -0.1) is 0 Å². The van der Waals surface area contributed by atoms with Gasteiger partial charge in [0, 0.05) is 5.39 Å². The number of hydrazone groups is 1. The van der Waals surface area contributed by atoms with E-state index in [1.807, 2.05) is 42.5 Å². The number of benzene rings is 2. The fourth-order valence-electron chi connectivity index (χ4n) is 1.75. The highest BCUT2D eigenvalue weighted by molar-refractivity contribution is 6.43. The monoisotopic (exact) mass is 267 g/mol. The average Bonchev–Trinajstić information content (AvgIpc) is 2.48. The Hall–Kier alpha value is -2.87. The van der Waals surface area contributed by atoms with E-state index in [2.05, 4.69) is 10.5 Å². The van der Waals surface area contributed by atoms with Crippen molar-refractivity contribution in [3.63, 3.8) is 0 Å². The molecular weight excluding hydrogens is 254 g/mol. The van der Waals surface area contributed by atoms with Gasteiger partial charge in [0.25, 0.3) is 0 Å². The Morgan fingerprint density at radius 2 is 2.05 bits per heavy atom. The van der Waals surface area contributed by atoms with Crippen molar-refractivity contribution >= 4 is 28.1 Å². The number of hydrogen-bond donors (Lipinski definition) is 1. The molecule has 0 heterocycles. The molecule has 2 aromatic rings. The molecule has 0 bridgehead atoms. The number of anilines is 1. The van der Waals surface area contributed by atoms with E-state index in [4.69, 9.17) is 10.00 Å². The molecule has 0 amide bonds. The molecule has 0 spiro atoms. The largest absolute Gasteiger partial charge is 0.461 e. The number of fused-ring (bicyclic) bond motifs is 1. The van der Waals surface area contributed by atoms with Crippen LogP contribution in [0.4, 0.5) is 5.69 Å². The molecule has 0 aliphatic carbocycles. The van der Waals surface area contributed by atoms with E-state index in [1.165, 1.54) is 0 Å². The second-order valence-corrected chi connectivity index (χ2v) is 3.93. The van der Waals surface area contributed by atoms with E-state index in [0.29, 0.717) is 0 Å². The highest BCUT2D eigenvalue weighted by Gasteiger charge is 2.11. The van der Waals surface area contributed by atoms with Gasteiger partial charge in [-0.1, -0.05) is 36.4 Å². The standard InChI is InChI=1S/C15H13N3O2/c1-2-20-15(19)14(10-16)18-17-13-9-5-7-11-6-3-4-8-12(11)13/h3-9,17H,2H2,1H3. The minimum absolute atomic E-state index is 0.202. The van der Waals surface area contributed by atoms with Crippen LogP contribution in [0.5, 0.6) is 0 Å². The molecule has 0 saturated heterocycles. The fourth-order valence-corrected chi connectivity index (χ4v) is 1.75. The third-order valence-electron chi connectivity index (χ3n) is 2.65. The number of carbonyl (C=O) groups is 1. The molecule has 2 aromatic carbocycles. The Morgan fingerprint density at radius 1 is 1.30 bits per heavy atom. The summed E-state index contributed by atoms with van der Waals surface area (Å²) in [5, 5.41) is 14.7. The summed E-state index contributed by atoms with van der Waals surface area (Å²) in [6.45, 7) is 1.87. The molecule has 5 nitrogen and oxygen atoms in total. The lowest BCUT2D eigenvalue weighted by molar-refractivity contribution is -0.134. The van der Waals surface area contributed by atoms with Crippen LogP contribution in [-0.4, -0.2) is 18.3 Å². The lowest BCUT2D eigenvalue weighted by Gasteiger charge is -2.05. The van der Waals surface area contributed by atoms with Crippen molar-refractivity contribution in [2.24, 2.45) is 5.10 Å². The van der Waals surface area contributed by atoms with E-state index in [0.717, 1.165) is 16.5 Å². The molecule has 0 aliphatic heterocycles. The first-order valence-corrected chi connectivity index (χ1v) is 6.15. The molecular formula is C15H13N3O2. The van der Waals surface area contributed by atoms with E-state index in [1.54, 1.807) is 13.0 Å². The maximum Gasteiger partial charge on any atom is 0.369 e. The van der Waals surface area contributed by atoms with Gasteiger partial charge in [0.15, 0.2) is 0 Å². The minimum atomic E-state index is -0.734. The molecule has 1 N–H and O–H groups in total. The molecule has 0 unspecified atom stereocenters. The van der Waals surface area contributed by atoms with E-state index in [-0.39, 0.29) is 12.3 Å². The van der Waals surface area contributed by atoms with E-state index >= 15 is 0 Å². The third-order valence-corrected chi connectivity index (χ3v) is 2.65. The van der Waals surface area contributed by atoms with Gasteiger partial charge in [0.2, 0.25) is 5.71 Å². The Kier molecular flexibility index (Phi) is 4.30. The summed E-state index contributed by atoms with van der Waals surface area (Å²) in [6, 6.07) is 15.1. The van der Waals surface area contributed by atoms with Crippen LogP contribution in [0.2, 0.25) is 0 Å². The van der Waals surface area contributed by atoms with E-state index < -0.39 is 5.97 Å². The van der Waals surface area contributed by atoms with Crippen molar-refractivity contribution in [3.8, 4) is 6.07 Å². The SMILES string of the molecule is CCOC(=O)C(C#N)=NNc1cccc2ccccc12. The number of nitrogens with zero attached hydrogens (tertiary/aromatic N) is 2. The third kappa shape index (κ3) is 2.93. The summed E-state index contributed by atoms with van der Waals surface area (Å²) in [7, 11) is 0. The van der Waals surface area contributed by atoms with Crippen LogP contribution < -0.4 is 5.43 Å². The maximum atomic E-state index is 11.4. The zero-order valence-electron chi connectivity index (χ0n) is 11.0. The predicted octanol–water partition coefficient (Wildman–Crippen LogP) is 2.69. The molecule has 0 atom stereocenters. The number of hydrogen-bond acceptors (Lipinski definition) is 5. The Balaban J connectivity index is 2.28. The molecule has 100 valence electrons. The molecule has 0 radical (unpaired) electrons. The van der Waals surface area contributed by atoms with Crippen LogP contribution in [0.15, 0.2) is 47.6 Å². The second kappa shape index (κ2) is 6.34. The molecule has 2 rings (SSSR count). The summed E-state index contributed by atoms with van der Waals surface area (Å²) in [5.74, 6) is -0.734. The first kappa shape index (κ1) is 13.6. The summed E-state index contributed by atoms with van der Waals surface area (Å²) < 4.78 is 4.74. The lowest BCUT2D eigenvalue weighted by Crippen LogP contribution is -2.17. The highest BCUT2D eigenvalue weighted by atomic mass is 16.5. The summed E-state index contributed by atoms with van der Waals surface area (Å²) >= 11 is 0. The number of carbonyl (C=O) groups excluding carboxylic acids is 1. The zero-order valence-corrected chi connectivity index (χ0v) is 11.0. The number of rotatable bonds is 4. The summed E-state index contributed by atoms with van der Waals surface area (Å²) in [5.41, 5.74) is 3.16. The van der Waals surface area contributed by atoms with Crippen LogP contribution in [0.1, 0.15) is 6.92 Å². The van der Waals surface area contributed by atoms with Crippen LogP contribution in [0.3, 0.4) is 0 Å². The average molecular weight is 267 g/mol. The molecule has 0 fully saturated rings. The van der Waals surface area contributed by atoms with Gasteiger partial charge in [0.1, 0.15) is 6.07 Å². The first-order valence-electron chi connectivity index (χ1n) is 6.15. The molecule has 5 heteroatoms. The lowest BCUT2D eigenvalue weighted by atomic mass is 10.1. The van der Waals surface area contributed by atoms with Gasteiger partial charge >= 0.3 is 5.97 Å². The zero-order chi connectivity index (χ0) is 14.4. The number of ether oxygens (including phenoxy) is 1. The minimum Gasteiger partial charge on any atom is -0.461 e. The van der Waals surface area contributed by atoms with Crippen LogP contribution in [0.25, 0.3) is 10.8 Å². The van der Waals surface area contributed by atoms with Crippen molar-refractivity contribution in [1.82, 2.24) is 0 Å². The summed E-state index contributed by atoms with van der Waals surface area (Å²) in [6.07, 6.45) is 0. The van der Waals surface area contributed by atoms with Crippen molar-refractivity contribution in [2.45, 2.75) is 6.92 Å². The molecule has 20 heavy (non-hydrogen) atoms. The van der Waals surface area contributed by atoms with E-state index in [9.17, 15) is 4.79 Å². The van der Waals surface area contributed by atoms with Crippen molar-refractivity contribution in [2.75, 3.05) is 12.0 Å². The maximum absolute atomic E-state index is 11.4. The van der Waals surface area contributed by atoms with Crippen molar-refractivity contribution in [3.05, 3.63) is 42.5 Å². The number of nitrogens with one attached hydrogen (secondary N) is 1.